The number of carbonyl (C=O) groups excluding carboxylic acids is 1. The molecule has 27 heavy (non-hydrogen) atoms. The molecule has 0 aliphatic carbocycles. The summed E-state index contributed by atoms with van der Waals surface area (Å²) in [6.45, 7) is 3.38. The van der Waals surface area contributed by atoms with Crippen molar-refractivity contribution in [3.05, 3.63) is 72.3 Å². The molecule has 0 unspecified atom stereocenters. The predicted molar refractivity (Wildman–Crippen MR) is 106 cm³/mol. The van der Waals surface area contributed by atoms with Crippen LogP contribution in [0.5, 0.6) is 0 Å². The number of nitrogens with zero attached hydrogens (tertiary/aromatic N) is 1. The van der Waals surface area contributed by atoms with Gasteiger partial charge in [-0.15, -0.1) is 0 Å². The highest BCUT2D eigenvalue weighted by Gasteiger charge is 2.27. The van der Waals surface area contributed by atoms with Crippen LogP contribution in [0.15, 0.2) is 71.6 Å². The number of fused-ring (bicyclic) bond motifs is 1. The third kappa shape index (κ3) is 4.11. The van der Waals surface area contributed by atoms with Gasteiger partial charge in [-0.3, -0.25) is 9.10 Å². The molecule has 6 heteroatoms. The Balaban J connectivity index is 2.09. The van der Waals surface area contributed by atoms with Gasteiger partial charge in [0, 0.05) is 0 Å². The van der Waals surface area contributed by atoms with Gasteiger partial charge in [0.15, 0.2) is 0 Å². The third-order valence-corrected chi connectivity index (χ3v) is 6.00. The van der Waals surface area contributed by atoms with Gasteiger partial charge in [-0.25, -0.2) is 8.42 Å². The molecule has 5 nitrogen and oxygen atoms in total. The van der Waals surface area contributed by atoms with E-state index in [1.54, 1.807) is 43.3 Å². The summed E-state index contributed by atoms with van der Waals surface area (Å²) in [5.74, 6) is -0.596. The normalized spacial score (nSPS) is 11.3. The summed E-state index contributed by atoms with van der Waals surface area (Å²) in [6, 6.07) is 19.5. The molecule has 0 saturated carbocycles. The van der Waals surface area contributed by atoms with Crippen LogP contribution in [0.3, 0.4) is 0 Å². The fraction of sp³-hybridized carbons (Fsp3) is 0.190. The monoisotopic (exact) mass is 383 g/mol. The van der Waals surface area contributed by atoms with Crippen LogP contribution in [-0.4, -0.2) is 27.5 Å². The zero-order valence-corrected chi connectivity index (χ0v) is 16.1. The van der Waals surface area contributed by atoms with Crippen molar-refractivity contribution in [2.75, 3.05) is 17.5 Å². The lowest BCUT2D eigenvalue weighted by Gasteiger charge is -2.24. The Morgan fingerprint density at radius 1 is 0.963 bits per heavy atom. The molecule has 3 aromatic rings. The second kappa shape index (κ2) is 7.80. The number of ether oxygens (including phenoxy) is 1. The molecule has 0 amide bonds. The molecule has 0 atom stereocenters. The molecule has 0 aliphatic heterocycles. The average Bonchev–Trinajstić information content (AvgIpc) is 2.66. The second-order valence-electron chi connectivity index (χ2n) is 6.16. The van der Waals surface area contributed by atoms with Crippen LogP contribution >= 0.6 is 0 Å². The van der Waals surface area contributed by atoms with Crippen LogP contribution in [0.1, 0.15) is 12.5 Å². The summed E-state index contributed by atoms with van der Waals surface area (Å²) in [5, 5.41) is 1.88. The summed E-state index contributed by atoms with van der Waals surface area (Å²) in [6.07, 6.45) is 0. The summed E-state index contributed by atoms with van der Waals surface area (Å²) in [5.41, 5.74) is 1.37. The predicted octanol–water partition coefficient (Wildman–Crippen LogP) is 3.91. The Kier molecular flexibility index (Phi) is 5.46. The number of carbonyl (C=O) groups is 1. The van der Waals surface area contributed by atoms with E-state index in [-0.39, 0.29) is 18.0 Å². The minimum atomic E-state index is -3.92. The van der Waals surface area contributed by atoms with Crippen molar-refractivity contribution in [3.8, 4) is 0 Å². The summed E-state index contributed by atoms with van der Waals surface area (Å²) in [7, 11) is -3.92. The largest absolute Gasteiger partial charge is 0.465 e. The Morgan fingerprint density at radius 3 is 2.30 bits per heavy atom. The number of benzene rings is 3. The van der Waals surface area contributed by atoms with Gasteiger partial charge < -0.3 is 4.74 Å². The Labute approximate surface area is 159 Å². The van der Waals surface area contributed by atoms with Gasteiger partial charge in [-0.05, 0) is 48.9 Å². The summed E-state index contributed by atoms with van der Waals surface area (Å²) in [4.78, 5) is 12.2. The van der Waals surface area contributed by atoms with Crippen molar-refractivity contribution >= 4 is 32.5 Å². The molecule has 0 radical (unpaired) electrons. The SMILES string of the molecule is CCOC(=O)CN(c1ccc2ccccc2c1)S(=O)(=O)c1ccc(C)cc1. The van der Waals surface area contributed by atoms with Crippen molar-refractivity contribution in [2.45, 2.75) is 18.7 Å². The van der Waals surface area contributed by atoms with Crippen molar-refractivity contribution in [3.63, 3.8) is 0 Å². The van der Waals surface area contributed by atoms with Crippen LogP contribution in [0.2, 0.25) is 0 Å². The van der Waals surface area contributed by atoms with E-state index in [1.165, 1.54) is 0 Å². The Bertz CT molecular complexity index is 1060. The van der Waals surface area contributed by atoms with Gasteiger partial charge in [-0.2, -0.15) is 0 Å². The van der Waals surface area contributed by atoms with Gasteiger partial charge in [0.2, 0.25) is 0 Å². The van der Waals surface area contributed by atoms with Crippen LogP contribution < -0.4 is 4.31 Å². The van der Waals surface area contributed by atoms with Gasteiger partial charge in [0.1, 0.15) is 6.54 Å². The highest BCUT2D eigenvalue weighted by atomic mass is 32.2. The van der Waals surface area contributed by atoms with E-state index >= 15 is 0 Å². The average molecular weight is 383 g/mol. The molecular formula is C21H21NO4S. The summed E-state index contributed by atoms with van der Waals surface area (Å²) >= 11 is 0. The first-order chi connectivity index (χ1) is 12.9. The highest BCUT2D eigenvalue weighted by molar-refractivity contribution is 7.92. The minimum Gasteiger partial charge on any atom is -0.465 e. The Hall–Kier alpha value is -2.86. The maximum atomic E-state index is 13.2. The molecule has 0 saturated heterocycles. The molecule has 140 valence electrons. The van der Waals surface area contributed by atoms with E-state index in [9.17, 15) is 13.2 Å². The van der Waals surface area contributed by atoms with Gasteiger partial charge in [0.05, 0.1) is 17.2 Å². The van der Waals surface area contributed by atoms with Crippen LogP contribution in [-0.2, 0) is 19.6 Å². The van der Waals surface area contributed by atoms with E-state index < -0.39 is 16.0 Å². The first-order valence-corrected chi connectivity index (χ1v) is 10.1. The fourth-order valence-corrected chi connectivity index (χ4v) is 4.21. The summed E-state index contributed by atoms with van der Waals surface area (Å²) < 4.78 is 32.6. The standard InChI is InChI=1S/C21H21NO4S/c1-3-26-21(23)15-22(27(24,25)20-12-8-16(2)9-13-20)19-11-10-17-6-4-5-7-18(17)14-19/h4-14H,3,15H2,1-2H3. The third-order valence-electron chi connectivity index (χ3n) is 4.21. The lowest BCUT2D eigenvalue weighted by atomic mass is 10.1. The zero-order chi connectivity index (χ0) is 19.4. The molecule has 3 aromatic carbocycles. The van der Waals surface area contributed by atoms with Gasteiger partial charge in [0.25, 0.3) is 10.0 Å². The van der Waals surface area contributed by atoms with Crippen molar-refractivity contribution in [1.29, 1.82) is 0 Å². The number of aryl methyl sites for hydroxylation is 1. The number of sulfonamides is 1. The van der Waals surface area contributed by atoms with Gasteiger partial charge >= 0.3 is 5.97 Å². The molecule has 3 rings (SSSR count). The Morgan fingerprint density at radius 2 is 1.63 bits per heavy atom. The first kappa shape index (κ1) is 18.9. The maximum absolute atomic E-state index is 13.2. The molecule has 0 N–H and O–H groups in total. The lowest BCUT2D eigenvalue weighted by Crippen LogP contribution is -2.36. The molecule has 0 aromatic heterocycles. The fourth-order valence-electron chi connectivity index (χ4n) is 2.81. The maximum Gasteiger partial charge on any atom is 0.326 e. The number of hydrogen-bond acceptors (Lipinski definition) is 4. The molecule has 0 aliphatic rings. The van der Waals surface area contributed by atoms with Crippen molar-refractivity contribution < 1.29 is 17.9 Å². The molecule has 0 spiro atoms. The minimum absolute atomic E-state index is 0.130. The zero-order valence-electron chi connectivity index (χ0n) is 15.3. The van der Waals surface area contributed by atoms with Crippen molar-refractivity contribution in [2.24, 2.45) is 0 Å². The number of esters is 1. The van der Waals surface area contributed by atoms with Gasteiger partial charge in [-0.1, -0.05) is 48.0 Å². The van der Waals surface area contributed by atoms with E-state index in [2.05, 4.69) is 0 Å². The van der Waals surface area contributed by atoms with Crippen LogP contribution in [0.4, 0.5) is 5.69 Å². The number of rotatable bonds is 6. The van der Waals surface area contributed by atoms with Crippen LogP contribution in [0.25, 0.3) is 10.8 Å². The highest BCUT2D eigenvalue weighted by Crippen LogP contribution is 2.27. The number of hydrogen-bond donors (Lipinski definition) is 0. The van der Waals surface area contributed by atoms with E-state index in [0.29, 0.717) is 5.69 Å². The molecule has 0 fully saturated rings. The molecule has 0 heterocycles. The lowest BCUT2D eigenvalue weighted by molar-refractivity contribution is -0.141. The number of anilines is 1. The molecule has 0 bridgehead atoms. The van der Waals surface area contributed by atoms with Crippen molar-refractivity contribution in [1.82, 2.24) is 0 Å². The van der Waals surface area contributed by atoms with E-state index in [0.717, 1.165) is 20.6 Å². The topological polar surface area (TPSA) is 63.7 Å². The van der Waals surface area contributed by atoms with E-state index in [4.69, 9.17) is 4.74 Å². The molecular weight excluding hydrogens is 362 g/mol. The first-order valence-electron chi connectivity index (χ1n) is 8.65. The quantitative estimate of drug-likeness (QED) is 0.606. The van der Waals surface area contributed by atoms with Crippen LogP contribution in [0, 0.1) is 6.92 Å². The van der Waals surface area contributed by atoms with E-state index in [1.807, 2.05) is 37.3 Å². The second-order valence-corrected chi connectivity index (χ2v) is 8.02. The smallest absolute Gasteiger partial charge is 0.326 e.